The molecule has 0 aliphatic rings. The summed E-state index contributed by atoms with van der Waals surface area (Å²) in [6.07, 6.45) is 1.43. The Morgan fingerprint density at radius 3 is 1.64 bits per heavy atom. The van der Waals surface area contributed by atoms with E-state index in [1.807, 2.05) is 109 Å². The molecule has 182 valence electrons. The van der Waals surface area contributed by atoms with Crippen LogP contribution in [0.1, 0.15) is 22.3 Å². The van der Waals surface area contributed by atoms with E-state index in [0.29, 0.717) is 19.5 Å². The van der Waals surface area contributed by atoms with Crippen molar-refractivity contribution in [3.05, 3.63) is 144 Å². The summed E-state index contributed by atoms with van der Waals surface area (Å²) < 4.78 is 0. The molecule has 0 saturated carbocycles. The Labute approximate surface area is 213 Å². The first-order valence-electron chi connectivity index (χ1n) is 12.4. The second kappa shape index (κ2) is 13.1. The van der Waals surface area contributed by atoms with E-state index in [1.165, 1.54) is 5.56 Å². The largest absolute Gasteiger partial charge is 0.354 e. The maximum Gasteiger partial charge on any atom is 0.243 e. The van der Waals surface area contributed by atoms with Gasteiger partial charge in [-0.2, -0.15) is 0 Å². The maximum absolute atomic E-state index is 13.7. The van der Waals surface area contributed by atoms with Crippen LogP contribution in [0.3, 0.4) is 0 Å². The van der Waals surface area contributed by atoms with Crippen LogP contribution in [0.2, 0.25) is 0 Å². The smallest absolute Gasteiger partial charge is 0.243 e. The van der Waals surface area contributed by atoms with Crippen molar-refractivity contribution in [3.8, 4) is 0 Å². The molecular formula is C32H32N2O2. The zero-order valence-electron chi connectivity index (χ0n) is 20.4. The van der Waals surface area contributed by atoms with Crippen LogP contribution < -0.4 is 5.32 Å². The molecule has 0 radical (unpaired) electrons. The molecule has 4 rings (SSSR count). The van der Waals surface area contributed by atoms with Crippen LogP contribution in [-0.2, 0) is 35.4 Å². The molecule has 4 heteroatoms. The number of rotatable bonds is 11. The third-order valence-corrected chi connectivity index (χ3v) is 6.22. The van der Waals surface area contributed by atoms with Crippen LogP contribution in [0.25, 0.3) is 0 Å². The standard InChI is InChI=1S/C32H32N2O2/c35-31(24-28-17-9-3-10-18-28)34(25-29-19-11-4-12-20-29)30(23-27-15-7-2-8-16-27)32(36)33-22-21-26-13-5-1-6-14-26/h1-20,30H,21-25H2,(H,33,36). The second-order valence-corrected chi connectivity index (χ2v) is 8.90. The average molecular weight is 477 g/mol. The Balaban J connectivity index is 1.58. The summed E-state index contributed by atoms with van der Waals surface area (Å²) in [4.78, 5) is 29.1. The highest BCUT2D eigenvalue weighted by atomic mass is 16.2. The zero-order valence-corrected chi connectivity index (χ0v) is 20.4. The zero-order chi connectivity index (χ0) is 25.0. The molecule has 2 amide bonds. The summed E-state index contributed by atoms with van der Waals surface area (Å²) in [6, 6.07) is 38.9. The van der Waals surface area contributed by atoms with Crippen LogP contribution in [0.4, 0.5) is 0 Å². The van der Waals surface area contributed by atoms with Crippen molar-refractivity contribution in [2.24, 2.45) is 0 Å². The van der Waals surface area contributed by atoms with Crippen molar-refractivity contribution in [2.75, 3.05) is 6.54 Å². The molecule has 0 spiro atoms. The quantitative estimate of drug-likeness (QED) is 0.322. The van der Waals surface area contributed by atoms with Crippen LogP contribution in [0.5, 0.6) is 0 Å². The van der Waals surface area contributed by atoms with E-state index in [1.54, 1.807) is 4.90 Å². The Hall–Kier alpha value is -4.18. The van der Waals surface area contributed by atoms with Gasteiger partial charge >= 0.3 is 0 Å². The summed E-state index contributed by atoms with van der Waals surface area (Å²) in [6.45, 7) is 0.885. The lowest BCUT2D eigenvalue weighted by atomic mass is 10.0. The molecule has 1 unspecified atom stereocenters. The molecule has 4 nitrogen and oxygen atoms in total. The van der Waals surface area contributed by atoms with Gasteiger partial charge < -0.3 is 10.2 Å². The van der Waals surface area contributed by atoms with Crippen LogP contribution in [0, 0.1) is 0 Å². The Morgan fingerprint density at radius 1 is 0.611 bits per heavy atom. The molecule has 36 heavy (non-hydrogen) atoms. The van der Waals surface area contributed by atoms with E-state index in [0.717, 1.165) is 23.1 Å². The predicted molar refractivity (Wildman–Crippen MR) is 144 cm³/mol. The number of carbonyl (C=O) groups excluding carboxylic acids is 2. The molecule has 1 N–H and O–H groups in total. The Bertz CT molecular complexity index is 1210. The molecule has 0 fully saturated rings. The van der Waals surface area contributed by atoms with Gasteiger partial charge in [0, 0.05) is 19.5 Å². The van der Waals surface area contributed by atoms with E-state index in [-0.39, 0.29) is 18.2 Å². The van der Waals surface area contributed by atoms with Gasteiger partial charge in [0.05, 0.1) is 6.42 Å². The fourth-order valence-corrected chi connectivity index (χ4v) is 4.30. The Kier molecular flexibility index (Phi) is 9.04. The fourth-order valence-electron chi connectivity index (χ4n) is 4.30. The first-order valence-corrected chi connectivity index (χ1v) is 12.4. The molecule has 0 heterocycles. The molecule has 1 atom stereocenters. The van der Waals surface area contributed by atoms with Crippen molar-refractivity contribution in [1.29, 1.82) is 0 Å². The van der Waals surface area contributed by atoms with Gasteiger partial charge in [-0.3, -0.25) is 9.59 Å². The molecular weight excluding hydrogens is 444 g/mol. The number of hydrogen-bond donors (Lipinski definition) is 1. The van der Waals surface area contributed by atoms with Crippen LogP contribution in [0.15, 0.2) is 121 Å². The van der Waals surface area contributed by atoms with Crippen molar-refractivity contribution >= 4 is 11.8 Å². The molecule has 4 aromatic rings. The number of nitrogens with one attached hydrogen (secondary N) is 1. The van der Waals surface area contributed by atoms with Crippen molar-refractivity contribution in [2.45, 2.75) is 31.8 Å². The Morgan fingerprint density at radius 2 is 1.08 bits per heavy atom. The highest BCUT2D eigenvalue weighted by molar-refractivity contribution is 5.88. The minimum Gasteiger partial charge on any atom is -0.354 e. The van der Waals surface area contributed by atoms with Gasteiger partial charge in [0.1, 0.15) is 6.04 Å². The summed E-state index contributed by atoms with van der Waals surface area (Å²) in [7, 11) is 0. The summed E-state index contributed by atoms with van der Waals surface area (Å²) in [5, 5.41) is 3.10. The highest BCUT2D eigenvalue weighted by Crippen LogP contribution is 2.16. The van der Waals surface area contributed by atoms with Crippen LogP contribution >= 0.6 is 0 Å². The number of carbonyl (C=O) groups is 2. The third kappa shape index (κ3) is 7.41. The second-order valence-electron chi connectivity index (χ2n) is 8.90. The normalized spacial score (nSPS) is 11.4. The summed E-state index contributed by atoms with van der Waals surface area (Å²) >= 11 is 0. The molecule has 0 bridgehead atoms. The van der Waals surface area contributed by atoms with Crippen molar-refractivity contribution < 1.29 is 9.59 Å². The summed E-state index contributed by atoms with van der Waals surface area (Å²) in [5.74, 6) is -0.198. The van der Waals surface area contributed by atoms with E-state index >= 15 is 0 Å². The SMILES string of the molecule is O=C(NCCc1ccccc1)C(Cc1ccccc1)N(Cc1ccccc1)C(=O)Cc1ccccc1. The average Bonchev–Trinajstić information content (AvgIpc) is 2.93. The molecule has 0 aromatic heterocycles. The third-order valence-electron chi connectivity index (χ3n) is 6.22. The van der Waals surface area contributed by atoms with E-state index < -0.39 is 6.04 Å². The van der Waals surface area contributed by atoms with Crippen molar-refractivity contribution in [3.63, 3.8) is 0 Å². The lowest BCUT2D eigenvalue weighted by Crippen LogP contribution is -2.51. The minimum atomic E-state index is -0.625. The van der Waals surface area contributed by atoms with Gasteiger partial charge in [-0.15, -0.1) is 0 Å². The van der Waals surface area contributed by atoms with Gasteiger partial charge in [0.15, 0.2) is 0 Å². The number of hydrogen-bond acceptors (Lipinski definition) is 2. The van der Waals surface area contributed by atoms with Crippen LogP contribution in [-0.4, -0.2) is 29.3 Å². The highest BCUT2D eigenvalue weighted by Gasteiger charge is 2.30. The maximum atomic E-state index is 13.7. The lowest BCUT2D eigenvalue weighted by molar-refractivity contribution is -0.140. The first kappa shape index (κ1) is 24.9. The fraction of sp³-hybridized carbons (Fsp3) is 0.188. The van der Waals surface area contributed by atoms with E-state index in [2.05, 4.69) is 17.4 Å². The minimum absolute atomic E-state index is 0.0656. The van der Waals surface area contributed by atoms with E-state index in [9.17, 15) is 9.59 Å². The molecule has 0 aliphatic heterocycles. The molecule has 0 aliphatic carbocycles. The first-order chi connectivity index (χ1) is 17.7. The predicted octanol–water partition coefficient (Wildman–Crippen LogP) is 5.23. The van der Waals surface area contributed by atoms with Gasteiger partial charge in [-0.25, -0.2) is 0 Å². The van der Waals surface area contributed by atoms with E-state index in [4.69, 9.17) is 0 Å². The van der Waals surface area contributed by atoms with Gasteiger partial charge in [0.2, 0.25) is 11.8 Å². The lowest BCUT2D eigenvalue weighted by Gasteiger charge is -2.31. The van der Waals surface area contributed by atoms with Gasteiger partial charge in [0.25, 0.3) is 0 Å². The van der Waals surface area contributed by atoms with Gasteiger partial charge in [-0.05, 0) is 28.7 Å². The number of amides is 2. The topological polar surface area (TPSA) is 49.4 Å². The monoisotopic (exact) mass is 476 g/mol. The van der Waals surface area contributed by atoms with Crippen molar-refractivity contribution in [1.82, 2.24) is 10.2 Å². The van der Waals surface area contributed by atoms with Gasteiger partial charge in [-0.1, -0.05) is 121 Å². The number of nitrogens with zero attached hydrogens (tertiary/aromatic N) is 1. The molecule has 4 aromatic carbocycles. The number of benzene rings is 4. The molecule has 0 saturated heterocycles. The summed E-state index contributed by atoms with van der Waals surface area (Å²) in [5.41, 5.74) is 4.11.